The van der Waals surface area contributed by atoms with Crippen molar-refractivity contribution in [1.82, 2.24) is 10.1 Å². The van der Waals surface area contributed by atoms with Gasteiger partial charge in [0.25, 0.3) is 5.91 Å². The Labute approximate surface area is 158 Å². The zero-order valence-corrected chi connectivity index (χ0v) is 15.5. The third-order valence-electron chi connectivity index (χ3n) is 3.23. The summed E-state index contributed by atoms with van der Waals surface area (Å²) in [4.78, 5) is 16.9. The minimum absolute atomic E-state index is 0.273. The van der Waals surface area contributed by atoms with E-state index in [1.165, 1.54) is 11.8 Å². The number of hydrogen-bond acceptors (Lipinski definition) is 5. The van der Waals surface area contributed by atoms with Gasteiger partial charge in [0.1, 0.15) is 10.8 Å². The lowest BCUT2D eigenvalue weighted by Crippen LogP contribution is -2.13. The van der Waals surface area contributed by atoms with E-state index in [2.05, 4.69) is 15.5 Å². The van der Waals surface area contributed by atoms with E-state index in [9.17, 15) is 4.79 Å². The number of amides is 1. The van der Waals surface area contributed by atoms with Crippen LogP contribution in [0.3, 0.4) is 0 Å². The molecule has 3 aromatic rings. The first-order chi connectivity index (χ1) is 12.0. The summed E-state index contributed by atoms with van der Waals surface area (Å²) in [6.07, 6.45) is 1.65. The van der Waals surface area contributed by atoms with E-state index >= 15 is 0 Å². The molecule has 0 spiro atoms. The maximum Gasteiger partial charge on any atom is 0.258 e. The molecule has 128 valence electrons. The fraction of sp³-hybridized carbons (Fsp3) is 0.118. The number of halogens is 2. The molecule has 0 radical (unpaired) electrons. The number of aryl methyl sites for hydroxylation is 1. The summed E-state index contributed by atoms with van der Waals surface area (Å²) in [6, 6.07) is 10.2. The van der Waals surface area contributed by atoms with Gasteiger partial charge < -0.3 is 9.84 Å². The second-order valence-corrected chi connectivity index (χ2v) is 6.94. The predicted molar refractivity (Wildman–Crippen MR) is 99.5 cm³/mol. The van der Waals surface area contributed by atoms with Crippen LogP contribution >= 0.6 is 35.0 Å². The maximum absolute atomic E-state index is 12.6. The van der Waals surface area contributed by atoms with Crippen LogP contribution in [-0.4, -0.2) is 16.0 Å². The lowest BCUT2D eigenvalue weighted by Gasteiger charge is -2.09. The molecule has 2 heterocycles. The maximum atomic E-state index is 12.6. The Kier molecular flexibility index (Phi) is 5.63. The van der Waals surface area contributed by atoms with E-state index in [1.54, 1.807) is 36.5 Å². The predicted octanol–water partition coefficient (Wildman–Crippen LogP) is 5.23. The normalized spacial score (nSPS) is 10.7. The van der Waals surface area contributed by atoms with Crippen molar-refractivity contribution in [2.24, 2.45) is 0 Å². The van der Waals surface area contributed by atoms with Gasteiger partial charge in [-0.3, -0.25) is 4.79 Å². The van der Waals surface area contributed by atoms with Gasteiger partial charge in [-0.15, -0.1) is 0 Å². The van der Waals surface area contributed by atoms with Crippen molar-refractivity contribution in [3.63, 3.8) is 0 Å². The van der Waals surface area contributed by atoms with E-state index in [0.717, 1.165) is 11.5 Å². The van der Waals surface area contributed by atoms with Gasteiger partial charge in [-0.05, 0) is 37.3 Å². The van der Waals surface area contributed by atoms with Crippen LogP contribution in [0.2, 0.25) is 10.0 Å². The molecular formula is C17H13Cl2N3O2S. The number of hydrogen-bond donors (Lipinski definition) is 1. The highest BCUT2D eigenvalue weighted by Gasteiger charge is 2.14. The standard InChI is InChI=1S/C17H13Cl2N3O2S/c1-10-7-12(22-24-10)9-25-17-13(3-2-6-20-17)16(23)21-11-4-5-14(18)15(19)8-11/h2-8H,9H2,1H3,(H,21,23). The number of anilines is 1. The molecule has 0 bridgehead atoms. The number of nitrogens with zero attached hydrogens (tertiary/aromatic N) is 2. The summed E-state index contributed by atoms with van der Waals surface area (Å²) >= 11 is 13.3. The molecular weight excluding hydrogens is 381 g/mol. The second kappa shape index (κ2) is 7.91. The van der Waals surface area contributed by atoms with Gasteiger partial charge in [0.15, 0.2) is 0 Å². The molecule has 8 heteroatoms. The molecule has 0 aliphatic heterocycles. The van der Waals surface area contributed by atoms with Crippen molar-refractivity contribution in [3.05, 3.63) is 69.7 Å². The molecule has 1 aromatic carbocycles. The first-order valence-electron chi connectivity index (χ1n) is 7.29. The highest BCUT2D eigenvalue weighted by atomic mass is 35.5. The number of aromatic nitrogens is 2. The first-order valence-corrected chi connectivity index (χ1v) is 9.03. The summed E-state index contributed by atoms with van der Waals surface area (Å²) in [5, 5.41) is 8.16. The number of carbonyl (C=O) groups is 1. The van der Waals surface area contributed by atoms with E-state index in [-0.39, 0.29) is 5.91 Å². The molecule has 0 saturated heterocycles. The molecule has 0 unspecified atom stereocenters. The number of thioether (sulfide) groups is 1. The zero-order chi connectivity index (χ0) is 17.8. The van der Waals surface area contributed by atoms with Crippen molar-refractivity contribution in [1.29, 1.82) is 0 Å². The molecule has 1 amide bonds. The highest BCUT2D eigenvalue weighted by molar-refractivity contribution is 7.98. The van der Waals surface area contributed by atoms with Gasteiger partial charge in [-0.25, -0.2) is 4.98 Å². The van der Waals surface area contributed by atoms with Crippen LogP contribution in [0, 0.1) is 6.92 Å². The van der Waals surface area contributed by atoms with Crippen molar-refractivity contribution < 1.29 is 9.32 Å². The van der Waals surface area contributed by atoms with Crippen LogP contribution in [-0.2, 0) is 5.75 Å². The molecule has 0 fully saturated rings. The van der Waals surface area contributed by atoms with Crippen molar-refractivity contribution >= 4 is 46.6 Å². The number of nitrogens with one attached hydrogen (secondary N) is 1. The van der Waals surface area contributed by atoms with Crippen molar-refractivity contribution in [3.8, 4) is 0 Å². The minimum atomic E-state index is -0.273. The average Bonchev–Trinajstić information content (AvgIpc) is 3.02. The average molecular weight is 394 g/mol. The summed E-state index contributed by atoms with van der Waals surface area (Å²) in [5.74, 6) is 1.03. The summed E-state index contributed by atoms with van der Waals surface area (Å²) in [5.41, 5.74) is 1.83. The molecule has 25 heavy (non-hydrogen) atoms. The highest BCUT2D eigenvalue weighted by Crippen LogP contribution is 2.27. The molecule has 1 N–H and O–H groups in total. The third-order valence-corrected chi connectivity index (χ3v) is 5.00. The Balaban J connectivity index is 1.74. The smallest absolute Gasteiger partial charge is 0.258 e. The van der Waals surface area contributed by atoms with Crippen molar-refractivity contribution in [2.75, 3.05) is 5.32 Å². The first kappa shape index (κ1) is 17.8. The van der Waals surface area contributed by atoms with Gasteiger partial charge in [0, 0.05) is 23.7 Å². The molecule has 0 aliphatic rings. The van der Waals surface area contributed by atoms with Crippen LogP contribution in [0.1, 0.15) is 21.8 Å². The van der Waals surface area contributed by atoms with Gasteiger partial charge in [0.2, 0.25) is 0 Å². The third kappa shape index (κ3) is 4.54. The zero-order valence-electron chi connectivity index (χ0n) is 13.1. The summed E-state index contributed by atoms with van der Waals surface area (Å²) in [6.45, 7) is 1.83. The monoisotopic (exact) mass is 393 g/mol. The van der Waals surface area contributed by atoms with Gasteiger partial charge in [-0.1, -0.05) is 40.1 Å². The van der Waals surface area contributed by atoms with Crippen molar-refractivity contribution in [2.45, 2.75) is 17.7 Å². The van der Waals surface area contributed by atoms with Gasteiger partial charge in [0.05, 0.1) is 21.3 Å². The SMILES string of the molecule is Cc1cc(CSc2ncccc2C(=O)Nc2ccc(Cl)c(Cl)c2)no1. The number of rotatable bonds is 5. The summed E-state index contributed by atoms with van der Waals surface area (Å²) in [7, 11) is 0. The minimum Gasteiger partial charge on any atom is -0.361 e. The van der Waals surface area contributed by atoms with E-state index in [0.29, 0.717) is 32.1 Å². The Bertz CT molecular complexity index is 914. The topological polar surface area (TPSA) is 68.0 Å². The molecule has 3 rings (SSSR count). The molecule has 0 saturated carbocycles. The fourth-order valence-corrected chi connectivity index (χ4v) is 3.25. The van der Waals surface area contributed by atoms with Gasteiger partial charge in [-0.2, -0.15) is 0 Å². The van der Waals surface area contributed by atoms with Crippen LogP contribution in [0.5, 0.6) is 0 Å². The Hall–Kier alpha value is -2.02. The van der Waals surface area contributed by atoms with E-state index < -0.39 is 0 Å². The van der Waals surface area contributed by atoms with Crippen LogP contribution in [0.15, 0.2) is 52.1 Å². The number of pyridine rings is 1. The second-order valence-electron chi connectivity index (χ2n) is 5.16. The van der Waals surface area contributed by atoms with Crippen LogP contribution in [0.4, 0.5) is 5.69 Å². The van der Waals surface area contributed by atoms with E-state index in [1.807, 2.05) is 13.0 Å². The quantitative estimate of drug-likeness (QED) is 0.601. The fourth-order valence-electron chi connectivity index (χ4n) is 2.08. The Morgan fingerprint density at radius 3 is 2.80 bits per heavy atom. The van der Waals surface area contributed by atoms with E-state index in [4.69, 9.17) is 27.7 Å². The lowest BCUT2D eigenvalue weighted by atomic mass is 10.2. The lowest BCUT2D eigenvalue weighted by molar-refractivity contribution is 0.102. The van der Waals surface area contributed by atoms with Gasteiger partial charge >= 0.3 is 0 Å². The van der Waals surface area contributed by atoms with Crippen LogP contribution < -0.4 is 5.32 Å². The molecule has 5 nitrogen and oxygen atoms in total. The number of carbonyl (C=O) groups excluding carboxylic acids is 1. The van der Waals surface area contributed by atoms with Crippen LogP contribution in [0.25, 0.3) is 0 Å². The Morgan fingerprint density at radius 2 is 2.08 bits per heavy atom. The molecule has 0 atom stereocenters. The largest absolute Gasteiger partial charge is 0.361 e. The molecule has 2 aromatic heterocycles. The molecule has 0 aliphatic carbocycles. The summed E-state index contributed by atoms with van der Waals surface area (Å²) < 4.78 is 5.04. The number of benzene rings is 1. The Morgan fingerprint density at radius 1 is 1.24 bits per heavy atom.